The average molecular weight is 725 g/mol. The van der Waals surface area contributed by atoms with Crippen molar-refractivity contribution >= 4 is 28.9 Å². The average Bonchev–Trinajstić information content (AvgIpc) is 3.15. The molecular formula is C38H40F3KN6O3. The molecule has 2 amide bonds. The van der Waals surface area contributed by atoms with Crippen LogP contribution < -0.4 is 66.9 Å². The molecule has 1 aromatic heterocycles. The van der Waals surface area contributed by atoms with E-state index >= 15 is 0 Å². The summed E-state index contributed by atoms with van der Waals surface area (Å²) in [6.07, 6.45) is 0.380. The van der Waals surface area contributed by atoms with E-state index in [1.54, 1.807) is 24.3 Å². The van der Waals surface area contributed by atoms with Crippen LogP contribution in [0, 0.1) is 0 Å². The van der Waals surface area contributed by atoms with Gasteiger partial charge in [0.15, 0.2) is 0 Å². The van der Waals surface area contributed by atoms with Crippen LogP contribution in [-0.2, 0) is 17.5 Å². The van der Waals surface area contributed by atoms with Crippen molar-refractivity contribution in [3.63, 3.8) is 0 Å². The Labute approximate surface area is 338 Å². The molecule has 262 valence electrons. The van der Waals surface area contributed by atoms with Crippen LogP contribution in [0.15, 0.2) is 85.1 Å². The van der Waals surface area contributed by atoms with Crippen molar-refractivity contribution in [3.05, 3.63) is 113 Å². The molecule has 0 radical (unpaired) electrons. The Bertz CT molecular complexity index is 1790. The standard InChI is InChI=1S/C38H40F3N6O3.K/c39-38(40,41)30-8-4-6-27(22-30)26-44-36(48)29-12-13-43-35(24-29)33-25-32(47-15-2-1-3-16-47)10-11-34(33)45-37(49)28-7-5-9-31(23-28)42-14-17-46-18-20-50-21-19-46;/h4-13,22-25H,1-3,14-21,26H2,(H,44,48)(H,43,45,49);/q-1;+1. The van der Waals surface area contributed by atoms with E-state index in [1.807, 2.05) is 30.3 Å². The van der Waals surface area contributed by atoms with Crippen LogP contribution in [0.4, 0.5) is 30.2 Å². The van der Waals surface area contributed by atoms with E-state index < -0.39 is 17.6 Å². The molecule has 9 nitrogen and oxygen atoms in total. The second-order valence-electron chi connectivity index (χ2n) is 12.4. The number of carbonyl (C=O) groups is 2. The molecule has 0 aliphatic carbocycles. The van der Waals surface area contributed by atoms with E-state index in [2.05, 4.69) is 30.7 Å². The third-order valence-electron chi connectivity index (χ3n) is 8.90. The van der Waals surface area contributed by atoms with Crippen LogP contribution in [0.2, 0.25) is 0 Å². The van der Waals surface area contributed by atoms with Gasteiger partial charge in [0.25, 0.3) is 11.8 Å². The maximum atomic E-state index is 13.6. The number of anilines is 2. The summed E-state index contributed by atoms with van der Waals surface area (Å²) in [5.74, 6) is -0.768. The molecule has 51 heavy (non-hydrogen) atoms. The topological polar surface area (TPSA) is 101 Å². The maximum Gasteiger partial charge on any atom is 1.00 e. The molecule has 2 saturated heterocycles. The number of benzene rings is 3. The van der Waals surface area contributed by atoms with Gasteiger partial charge >= 0.3 is 57.6 Å². The summed E-state index contributed by atoms with van der Waals surface area (Å²) < 4.78 is 45.0. The van der Waals surface area contributed by atoms with E-state index in [-0.39, 0.29) is 69.4 Å². The first-order valence-electron chi connectivity index (χ1n) is 16.9. The molecule has 4 aromatic rings. The molecule has 2 N–H and O–H groups in total. The van der Waals surface area contributed by atoms with Gasteiger partial charge < -0.3 is 30.5 Å². The van der Waals surface area contributed by atoms with E-state index in [0.29, 0.717) is 34.6 Å². The molecule has 0 spiro atoms. The predicted molar refractivity (Wildman–Crippen MR) is 188 cm³/mol. The number of halogens is 3. The van der Waals surface area contributed by atoms with Gasteiger partial charge in [-0.1, -0.05) is 30.3 Å². The number of nitrogens with one attached hydrogen (secondary N) is 2. The zero-order valence-electron chi connectivity index (χ0n) is 28.7. The molecule has 3 aromatic carbocycles. The van der Waals surface area contributed by atoms with Crippen molar-refractivity contribution in [1.29, 1.82) is 0 Å². The Morgan fingerprint density at radius 3 is 2.39 bits per heavy atom. The minimum atomic E-state index is -4.48. The predicted octanol–water partition coefficient (Wildman–Crippen LogP) is 4.28. The quantitative estimate of drug-likeness (QED) is 0.224. The first-order valence-corrected chi connectivity index (χ1v) is 16.9. The molecule has 2 aliphatic heterocycles. The molecule has 2 fully saturated rings. The molecule has 3 heterocycles. The largest absolute Gasteiger partial charge is 1.00 e. The Morgan fingerprint density at radius 2 is 1.61 bits per heavy atom. The Hall–Kier alpha value is -3.30. The third kappa shape index (κ3) is 10.9. The number of carbonyl (C=O) groups excluding carboxylic acids is 2. The summed E-state index contributed by atoms with van der Waals surface area (Å²) in [5, 5.41) is 10.5. The van der Waals surface area contributed by atoms with Crippen LogP contribution in [0.1, 0.15) is 51.1 Å². The summed E-state index contributed by atoms with van der Waals surface area (Å²) in [4.78, 5) is 35.9. The number of nitrogens with zero attached hydrogens (tertiary/aromatic N) is 4. The van der Waals surface area contributed by atoms with E-state index in [9.17, 15) is 22.8 Å². The Balaban J connectivity index is 0.00000504. The zero-order valence-corrected chi connectivity index (χ0v) is 31.8. The molecule has 0 bridgehead atoms. The van der Waals surface area contributed by atoms with Gasteiger partial charge in [-0.2, -0.15) is 13.2 Å². The van der Waals surface area contributed by atoms with Gasteiger partial charge in [0.2, 0.25) is 0 Å². The maximum absolute atomic E-state index is 13.6. The van der Waals surface area contributed by atoms with Crippen molar-refractivity contribution in [2.24, 2.45) is 0 Å². The SMILES string of the molecule is O=C(NCc1cccc(C(F)(F)F)c1)c1ccnc(-c2cc(N3CCCCC3)ccc2NC(=O)c2cccc([N-]CCN3CCOCC3)c2)c1.[K+]. The van der Waals surface area contributed by atoms with Crippen LogP contribution in [0.25, 0.3) is 16.6 Å². The van der Waals surface area contributed by atoms with Crippen molar-refractivity contribution in [2.45, 2.75) is 32.0 Å². The van der Waals surface area contributed by atoms with Gasteiger partial charge in [-0.05, 0) is 79.9 Å². The summed E-state index contributed by atoms with van der Waals surface area (Å²) in [6, 6.07) is 21.1. The number of rotatable bonds is 11. The van der Waals surface area contributed by atoms with Crippen LogP contribution in [-0.4, -0.2) is 74.2 Å². The zero-order chi connectivity index (χ0) is 34.9. The molecule has 2 aliphatic rings. The van der Waals surface area contributed by atoms with Crippen LogP contribution in [0.5, 0.6) is 0 Å². The van der Waals surface area contributed by atoms with E-state index in [4.69, 9.17) is 4.74 Å². The van der Waals surface area contributed by atoms with Gasteiger partial charge in [0, 0.05) is 61.3 Å². The first kappa shape index (κ1) is 38.9. The van der Waals surface area contributed by atoms with Crippen LogP contribution >= 0.6 is 0 Å². The Morgan fingerprint density at radius 1 is 0.843 bits per heavy atom. The van der Waals surface area contributed by atoms with Crippen molar-refractivity contribution in [1.82, 2.24) is 15.2 Å². The fraction of sp³-hybridized carbons (Fsp3) is 0.342. The normalized spacial score (nSPS) is 15.1. The first-order chi connectivity index (χ1) is 24.2. The van der Waals surface area contributed by atoms with Crippen LogP contribution in [0.3, 0.4) is 0 Å². The number of pyridine rings is 1. The Kier molecular flexibility index (Phi) is 14.1. The van der Waals surface area contributed by atoms with Gasteiger partial charge in [-0.15, -0.1) is 12.2 Å². The minimum absolute atomic E-state index is 0. The summed E-state index contributed by atoms with van der Waals surface area (Å²) in [5.41, 5.74) is 3.64. The minimum Gasteiger partial charge on any atom is -0.683 e. The summed E-state index contributed by atoms with van der Waals surface area (Å²) in [6.45, 7) is 6.42. The summed E-state index contributed by atoms with van der Waals surface area (Å²) >= 11 is 0. The molecule has 0 unspecified atom stereocenters. The summed E-state index contributed by atoms with van der Waals surface area (Å²) in [7, 11) is 0. The number of piperidine rings is 1. The number of aromatic nitrogens is 1. The second-order valence-corrected chi connectivity index (χ2v) is 12.4. The van der Waals surface area contributed by atoms with Crippen molar-refractivity contribution in [2.75, 3.05) is 62.7 Å². The third-order valence-corrected chi connectivity index (χ3v) is 8.90. The van der Waals surface area contributed by atoms with E-state index in [1.165, 1.54) is 24.8 Å². The fourth-order valence-electron chi connectivity index (χ4n) is 6.15. The van der Waals surface area contributed by atoms with E-state index in [0.717, 1.165) is 82.3 Å². The molecule has 0 atom stereocenters. The monoisotopic (exact) mass is 724 g/mol. The van der Waals surface area contributed by atoms with Crippen molar-refractivity contribution < 1.29 is 78.9 Å². The number of morpholine rings is 1. The van der Waals surface area contributed by atoms with Gasteiger partial charge in [0.1, 0.15) is 0 Å². The molecule has 13 heteroatoms. The smallest absolute Gasteiger partial charge is 0.683 e. The van der Waals surface area contributed by atoms with Gasteiger partial charge in [-0.25, -0.2) is 0 Å². The second kappa shape index (κ2) is 18.5. The number of hydrogen-bond donors (Lipinski definition) is 2. The number of alkyl halides is 3. The number of amides is 2. The number of hydrogen-bond acceptors (Lipinski definition) is 6. The fourth-order valence-corrected chi connectivity index (χ4v) is 6.15. The molecule has 0 saturated carbocycles. The van der Waals surface area contributed by atoms with Gasteiger partial charge in [-0.3, -0.25) is 14.6 Å². The molecular weight excluding hydrogens is 685 g/mol. The van der Waals surface area contributed by atoms with Crippen molar-refractivity contribution in [3.8, 4) is 11.3 Å². The number of ether oxygens (including phenoxy) is 1. The van der Waals surface area contributed by atoms with Gasteiger partial charge in [0.05, 0.1) is 30.2 Å². The molecule has 6 rings (SSSR count).